The molecule has 0 saturated carbocycles. The molecule has 0 spiro atoms. The van der Waals surface area contributed by atoms with E-state index in [0.29, 0.717) is 0 Å². The number of carbonyl (C=O) groups is 1. The molecular formula is C14H19NO4S. The zero-order valence-corrected chi connectivity index (χ0v) is 12.5. The number of rotatable bonds is 6. The highest BCUT2D eigenvalue weighted by Crippen LogP contribution is 2.16. The quantitative estimate of drug-likeness (QED) is 0.788. The van der Waals surface area contributed by atoms with Crippen LogP contribution in [0, 0.1) is 0 Å². The Kier molecular flexibility index (Phi) is 5.47. The van der Waals surface area contributed by atoms with Gasteiger partial charge in [-0.05, 0) is 38.0 Å². The number of aliphatic carboxylic acids is 1. The second-order valence-electron chi connectivity index (χ2n) is 4.77. The van der Waals surface area contributed by atoms with Gasteiger partial charge in [-0.2, -0.15) is 0 Å². The van der Waals surface area contributed by atoms with E-state index in [0.717, 1.165) is 17.2 Å². The highest BCUT2D eigenvalue weighted by atomic mass is 32.2. The lowest BCUT2D eigenvalue weighted by Crippen LogP contribution is -2.32. The molecule has 110 valence electrons. The summed E-state index contributed by atoms with van der Waals surface area (Å²) in [6.45, 7) is 5.01. The van der Waals surface area contributed by atoms with Gasteiger partial charge in [0.25, 0.3) is 0 Å². The maximum atomic E-state index is 11.8. The molecule has 0 saturated heterocycles. The van der Waals surface area contributed by atoms with Gasteiger partial charge in [0.1, 0.15) is 0 Å². The summed E-state index contributed by atoms with van der Waals surface area (Å²) in [6, 6.07) is 6.70. The van der Waals surface area contributed by atoms with Gasteiger partial charge in [0.2, 0.25) is 10.0 Å². The van der Waals surface area contributed by atoms with Gasteiger partial charge in [-0.1, -0.05) is 24.3 Å². The summed E-state index contributed by atoms with van der Waals surface area (Å²) in [6.07, 6.45) is 2.54. The van der Waals surface area contributed by atoms with E-state index in [-0.39, 0.29) is 6.04 Å². The molecule has 0 heterocycles. The normalized spacial score (nSPS) is 13.8. The lowest BCUT2D eigenvalue weighted by Gasteiger charge is -2.16. The molecule has 0 aliphatic heterocycles. The highest BCUT2D eigenvalue weighted by Gasteiger charge is 2.19. The predicted molar refractivity (Wildman–Crippen MR) is 78.7 cm³/mol. The standard InChI is InChI=1S/C14H19NO4S/c1-10(2)20(18,19)15-11(3)13-7-4-12(5-8-13)6-9-14(16)17/h4-11,15H,1-3H3,(H,16,17). The fourth-order valence-electron chi connectivity index (χ4n) is 1.51. The van der Waals surface area contributed by atoms with Crippen molar-refractivity contribution in [2.45, 2.75) is 32.1 Å². The van der Waals surface area contributed by atoms with Crippen LogP contribution in [-0.2, 0) is 14.8 Å². The van der Waals surface area contributed by atoms with Crippen molar-refractivity contribution >= 4 is 22.1 Å². The molecule has 0 bridgehead atoms. The molecule has 0 aliphatic carbocycles. The van der Waals surface area contributed by atoms with E-state index in [2.05, 4.69) is 4.72 Å². The van der Waals surface area contributed by atoms with Gasteiger partial charge in [-0.15, -0.1) is 0 Å². The fraction of sp³-hybridized carbons (Fsp3) is 0.357. The molecule has 0 radical (unpaired) electrons. The molecule has 0 fully saturated rings. The molecule has 0 aromatic heterocycles. The van der Waals surface area contributed by atoms with Crippen molar-refractivity contribution in [3.8, 4) is 0 Å². The minimum Gasteiger partial charge on any atom is -0.478 e. The van der Waals surface area contributed by atoms with Gasteiger partial charge >= 0.3 is 5.97 Å². The van der Waals surface area contributed by atoms with Gasteiger partial charge in [0, 0.05) is 12.1 Å². The van der Waals surface area contributed by atoms with E-state index in [9.17, 15) is 13.2 Å². The second kappa shape index (κ2) is 6.67. The van der Waals surface area contributed by atoms with E-state index in [1.54, 1.807) is 45.0 Å². The Labute approximate surface area is 119 Å². The van der Waals surface area contributed by atoms with Crippen molar-refractivity contribution < 1.29 is 18.3 Å². The van der Waals surface area contributed by atoms with Crippen LogP contribution in [0.1, 0.15) is 37.9 Å². The van der Waals surface area contributed by atoms with Crippen LogP contribution < -0.4 is 4.72 Å². The zero-order chi connectivity index (χ0) is 15.3. The van der Waals surface area contributed by atoms with E-state index < -0.39 is 21.2 Å². The van der Waals surface area contributed by atoms with Crippen LogP contribution in [-0.4, -0.2) is 24.7 Å². The molecule has 0 aliphatic rings. The number of carboxylic acid groups (broad SMARTS) is 1. The van der Waals surface area contributed by atoms with E-state index >= 15 is 0 Å². The monoisotopic (exact) mass is 297 g/mol. The van der Waals surface area contributed by atoms with E-state index in [4.69, 9.17) is 5.11 Å². The molecule has 1 aromatic rings. The van der Waals surface area contributed by atoms with Crippen LogP contribution in [0.3, 0.4) is 0 Å². The van der Waals surface area contributed by atoms with Gasteiger partial charge in [0.05, 0.1) is 5.25 Å². The molecule has 1 atom stereocenters. The Morgan fingerprint density at radius 3 is 2.20 bits per heavy atom. The van der Waals surface area contributed by atoms with Gasteiger partial charge < -0.3 is 5.11 Å². The Hall–Kier alpha value is -1.66. The predicted octanol–water partition coefficient (Wildman–Crippen LogP) is 2.17. The lowest BCUT2D eigenvalue weighted by molar-refractivity contribution is -0.131. The Bertz CT molecular complexity index is 588. The van der Waals surface area contributed by atoms with Crippen LogP contribution in [0.4, 0.5) is 0 Å². The topological polar surface area (TPSA) is 83.5 Å². The lowest BCUT2D eigenvalue weighted by atomic mass is 10.1. The number of sulfonamides is 1. The third kappa shape index (κ3) is 4.79. The van der Waals surface area contributed by atoms with Gasteiger partial charge in [0.15, 0.2) is 0 Å². The SMILES string of the molecule is CC(NS(=O)(=O)C(C)C)c1ccc(C=CC(=O)O)cc1. The maximum absolute atomic E-state index is 11.8. The summed E-state index contributed by atoms with van der Waals surface area (Å²) in [7, 11) is -3.32. The summed E-state index contributed by atoms with van der Waals surface area (Å²) in [5, 5.41) is 8.05. The summed E-state index contributed by atoms with van der Waals surface area (Å²) in [4.78, 5) is 10.4. The summed E-state index contributed by atoms with van der Waals surface area (Å²) in [5.41, 5.74) is 1.57. The first-order chi connectivity index (χ1) is 9.22. The first kappa shape index (κ1) is 16.4. The third-order valence-electron chi connectivity index (χ3n) is 2.82. The number of hydrogen-bond donors (Lipinski definition) is 2. The highest BCUT2D eigenvalue weighted by molar-refractivity contribution is 7.90. The molecule has 1 unspecified atom stereocenters. The Morgan fingerprint density at radius 1 is 1.20 bits per heavy atom. The molecule has 6 heteroatoms. The molecule has 1 aromatic carbocycles. The van der Waals surface area contributed by atoms with Crippen molar-refractivity contribution in [1.82, 2.24) is 4.72 Å². The number of hydrogen-bond acceptors (Lipinski definition) is 3. The third-order valence-corrected chi connectivity index (χ3v) is 4.74. The summed E-state index contributed by atoms with van der Waals surface area (Å²) in [5.74, 6) is -1.01. The van der Waals surface area contributed by atoms with Gasteiger partial charge in [-0.3, -0.25) is 0 Å². The summed E-state index contributed by atoms with van der Waals surface area (Å²) < 4.78 is 26.1. The Morgan fingerprint density at radius 2 is 1.75 bits per heavy atom. The van der Waals surface area contributed by atoms with Crippen LogP contribution in [0.25, 0.3) is 6.08 Å². The molecular weight excluding hydrogens is 278 g/mol. The maximum Gasteiger partial charge on any atom is 0.328 e. The summed E-state index contributed by atoms with van der Waals surface area (Å²) >= 11 is 0. The average molecular weight is 297 g/mol. The van der Waals surface area contributed by atoms with Crippen molar-refractivity contribution in [3.63, 3.8) is 0 Å². The number of nitrogens with one attached hydrogen (secondary N) is 1. The zero-order valence-electron chi connectivity index (χ0n) is 11.7. The van der Waals surface area contributed by atoms with Crippen LogP contribution in [0.5, 0.6) is 0 Å². The van der Waals surface area contributed by atoms with Crippen molar-refractivity contribution in [2.75, 3.05) is 0 Å². The molecule has 2 N–H and O–H groups in total. The molecule has 1 rings (SSSR count). The van der Waals surface area contributed by atoms with E-state index in [1.807, 2.05) is 0 Å². The largest absolute Gasteiger partial charge is 0.478 e. The van der Waals surface area contributed by atoms with E-state index in [1.165, 1.54) is 6.08 Å². The smallest absolute Gasteiger partial charge is 0.328 e. The number of carboxylic acids is 1. The first-order valence-electron chi connectivity index (χ1n) is 6.24. The number of benzene rings is 1. The van der Waals surface area contributed by atoms with Crippen molar-refractivity contribution in [2.24, 2.45) is 0 Å². The molecule has 0 amide bonds. The minimum absolute atomic E-state index is 0.333. The van der Waals surface area contributed by atoms with Crippen LogP contribution >= 0.6 is 0 Å². The van der Waals surface area contributed by atoms with Crippen LogP contribution in [0.2, 0.25) is 0 Å². The van der Waals surface area contributed by atoms with Gasteiger partial charge in [-0.25, -0.2) is 17.9 Å². The average Bonchev–Trinajstić information content (AvgIpc) is 2.36. The molecule has 20 heavy (non-hydrogen) atoms. The second-order valence-corrected chi connectivity index (χ2v) is 7.04. The van der Waals surface area contributed by atoms with Crippen LogP contribution in [0.15, 0.2) is 30.3 Å². The molecule has 5 nitrogen and oxygen atoms in total. The minimum atomic E-state index is -3.32. The Balaban J connectivity index is 2.81. The fourth-order valence-corrected chi connectivity index (χ4v) is 2.41. The van der Waals surface area contributed by atoms with Crippen molar-refractivity contribution in [1.29, 1.82) is 0 Å². The van der Waals surface area contributed by atoms with Crippen molar-refractivity contribution in [3.05, 3.63) is 41.5 Å². The first-order valence-corrected chi connectivity index (χ1v) is 7.79.